The number of anilines is 1. The van der Waals surface area contributed by atoms with Crippen molar-refractivity contribution in [2.24, 2.45) is 0 Å². The Kier molecular flexibility index (Phi) is 5.80. The number of urea groups is 1. The van der Waals surface area contributed by atoms with Gasteiger partial charge in [0.15, 0.2) is 0 Å². The Bertz CT molecular complexity index is 659. The molecule has 6 heteroatoms. The second-order valence-corrected chi connectivity index (χ2v) is 6.94. The largest absolute Gasteiger partial charge is 0.322 e. The molecule has 0 unspecified atom stereocenters. The van der Waals surface area contributed by atoms with Crippen LogP contribution in [0.1, 0.15) is 25.7 Å². The van der Waals surface area contributed by atoms with Gasteiger partial charge in [0.1, 0.15) is 0 Å². The van der Waals surface area contributed by atoms with Crippen LogP contribution in [0.15, 0.2) is 47.6 Å². The number of nitrogens with one attached hydrogen (secondary N) is 1. The highest BCUT2D eigenvalue weighted by atomic mass is 32.2. The second kappa shape index (κ2) is 8.24. The second-order valence-electron chi connectivity index (χ2n) is 6.06. The smallest absolute Gasteiger partial charge is 0.321 e. The fourth-order valence-corrected chi connectivity index (χ4v) is 3.64. The molecule has 2 amide bonds. The number of thioether (sulfide) groups is 1. The maximum atomic E-state index is 12.7. The van der Waals surface area contributed by atoms with Gasteiger partial charge in [-0.15, -0.1) is 11.8 Å². The van der Waals surface area contributed by atoms with E-state index in [2.05, 4.69) is 10.4 Å². The molecule has 1 N–H and O–H groups in total. The average Bonchev–Trinajstić information content (AvgIpc) is 3.14. The van der Waals surface area contributed by atoms with Crippen molar-refractivity contribution < 1.29 is 4.79 Å². The van der Waals surface area contributed by atoms with Gasteiger partial charge in [-0.05, 0) is 56.2 Å². The van der Waals surface area contributed by atoms with Crippen molar-refractivity contribution in [2.45, 2.75) is 43.2 Å². The van der Waals surface area contributed by atoms with Gasteiger partial charge in [-0.25, -0.2) is 4.79 Å². The van der Waals surface area contributed by atoms with Crippen molar-refractivity contribution in [2.75, 3.05) is 18.1 Å². The molecular weight excluding hydrogens is 320 g/mol. The lowest BCUT2D eigenvalue weighted by atomic mass is 10.00. The van der Waals surface area contributed by atoms with Crippen LogP contribution in [0.25, 0.3) is 0 Å². The summed E-state index contributed by atoms with van der Waals surface area (Å²) >= 11 is 1.68. The van der Waals surface area contributed by atoms with Crippen LogP contribution in [0, 0.1) is 0 Å². The van der Waals surface area contributed by atoms with Crippen LogP contribution in [0.2, 0.25) is 0 Å². The molecule has 0 saturated carbocycles. The summed E-state index contributed by atoms with van der Waals surface area (Å²) in [7, 11) is 0. The van der Waals surface area contributed by atoms with E-state index < -0.39 is 0 Å². The molecule has 1 aromatic heterocycles. The minimum Gasteiger partial charge on any atom is -0.321 e. The van der Waals surface area contributed by atoms with Gasteiger partial charge in [-0.3, -0.25) is 4.68 Å². The summed E-state index contributed by atoms with van der Waals surface area (Å²) in [6.45, 7) is 1.68. The van der Waals surface area contributed by atoms with E-state index in [0.29, 0.717) is 0 Å². The van der Waals surface area contributed by atoms with Crippen molar-refractivity contribution in [1.29, 1.82) is 0 Å². The van der Waals surface area contributed by atoms with Gasteiger partial charge < -0.3 is 10.2 Å². The van der Waals surface area contributed by atoms with Gasteiger partial charge in [0.05, 0.1) is 0 Å². The quantitative estimate of drug-likeness (QED) is 0.832. The highest BCUT2D eigenvalue weighted by Crippen LogP contribution is 2.23. The third kappa shape index (κ3) is 4.32. The highest BCUT2D eigenvalue weighted by Gasteiger charge is 2.26. The molecule has 2 heterocycles. The number of amides is 2. The van der Waals surface area contributed by atoms with Crippen molar-refractivity contribution in [3.8, 4) is 0 Å². The fourth-order valence-electron chi connectivity index (χ4n) is 3.18. The monoisotopic (exact) mass is 344 g/mol. The van der Waals surface area contributed by atoms with Crippen molar-refractivity contribution in [3.05, 3.63) is 42.7 Å². The number of aryl methyl sites for hydroxylation is 1. The van der Waals surface area contributed by atoms with E-state index >= 15 is 0 Å². The molecule has 1 atom stereocenters. The number of piperidine rings is 1. The molecule has 1 fully saturated rings. The lowest BCUT2D eigenvalue weighted by molar-refractivity contribution is 0.154. The predicted molar refractivity (Wildman–Crippen MR) is 98.4 cm³/mol. The Morgan fingerprint density at radius 3 is 3.08 bits per heavy atom. The Labute approximate surface area is 147 Å². The molecule has 2 aromatic rings. The molecular formula is C18H24N4OS. The van der Waals surface area contributed by atoms with Gasteiger partial charge in [0.2, 0.25) is 0 Å². The summed E-state index contributed by atoms with van der Waals surface area (Å²) in [5.74, 6) is 0. The van der Waals surface area contributed by atoms with Crippen molar-refractivity contribution in [3.63, 3.8) is 0 Å². The van der Waals surface area contributed by atoms with Crippen molar-refractivity contribution >= 4 is 23.5 Å². The Morgan fingerprint density at radius 2 is 2.29 bits per heavy atom. The molecule has 0 radical (unpaired) electrons. The third-order valence-corrected chi connectivity index (χ3v) is 5.18. The van der Waals surface area contributed by atoms with E-state index in [0.717, 1.165) is 42.9 Å². The molecule has 0 spiro atoms. The normalized spacial score (nSPS) is 17.7. The highest BCUT2D eigenvalue weighted by molar-refractivity contribution is 7.98. The van der Waals surface area contributed by atoms with Gasteiger partial charge in [-0.2, -0.15) is 5.10 Å². The maximum Gasteiger partial charge on any atom is 0.322 e. The van der Waals surface area contributed by atoms with Crippen LogP contribution in [-0.4, -0.2) is 39.6 Å². The molecule has 0 aliphatic carbocycles. The SMILES string of the molecule is CSc1cccc(NC(=O)N2CCCC[C@@H]2CCn2cccn2)c1. The Morgan fingerprint density at radius 1 is 1.38 bits per heavy atom. The number of nitrogens with zero attached hydrogens (tertiary/aromatic N) is 3. The first-order chi connectivity index (χ1) is 11.8. The Balaban J connectivity index is 1.62. The van der Waals surface area contributed by atoms with Crippen LogP contribution in [-0.2, 0) is 6.54 Å². The van der Waals surface area contributed by atoms with Crippen LogP contribution < -0.4 is 5.32 Å². The summed E-state index contributed by atoms with van der Waals surface area (Å²) < 4.78 is 1.94. The van der Waals surface area contributed by atoms with Crippen LogP contribution >= 0.6 is 11.8 Å². The van der Waals surface area contributed by atoms with Gasteiger partial charge in [0.25, 0.3) is 0 Å². The minimum atomic E-state index is 0.0124. The zero-order valence-corrected chi connectivity index (χ0v) is 14.8. The minimum absolute atomic E-state index is 0.0124. The van der Waals surface area contributed by atoms with Gasteiger partial charge >= 0.3 is 6.03 Å². The number of likely N-dealkylation sites (tertiary alicyclic amines) is 1. The van der Waals surface area contributed by atoms with Crippen LogP contribution in [0.4, 0.5) is 10.5 Å². The molecule has 0 bridgehead atoms. The Hall–Kier alpha value is -1.95. The molecule has 1 aliphatic heterocycles. The molecule has 5 nitrogen and oxygen atoms in total. The zero-order chi connectivity index (χ0) is 16.8. The van der Waals surface area contributed by atoms with Gasteiger partial charge in [0, 0.05) is 42.1 Å². The molecule has 24 heavy (non-hydrogen) atoms. The average molecular weight is 344 g/mol. The summed E-state index contributed by atoms with van der Waals surface area (Å²) in [6.07, 6.45) is 10.1. The summed E-state index contributed by atoms with van der Waals surface area (Å²) in [5.41, 5.74) is 0.864. The van der Waals surface area contributed by atoms with Crippen LogP contribution in [0.5, 0.6) is 0 Å². The molecule has 1 saturated heterocycles. The fraction of sp³-hybridized carbons (Fsp3) is 0.444. The third-order valence-electron chi connectivity index (χ3n) is 4.46. The lowest BCUT2D eigenvalue weighted by Gasteiger charge is -2.35. The van der Waals surface area contributed by atoms with Crippen LogP contribution in [0.3, 0.4) is 0 Å². The summed E-state index contributed by atoms with van der Waals surface area (Å²) in [4.78, 5) is 15.9. The van der Waals surface area contributed by atoms with E-state index in [1.807, 2.05) is 52.4 Å². The first kappa shape index (κ1) is 16.9. The number of aromatic nitrogens is 2. The van der Waals surface area contributed by atoms with Gasteiger partial charge in [-0.1, -0.05) is 6.07 Å². The molecule has 1 aromatic carbocycles. The van der Waals surface area contributed by atoms with E-state index in [9.17, 15) is 4.79 Å². The van der Waals surface area contributed by atoms with E-state index in [-0.39, 0.29) is 12.1 Å². The number of hydrogen-bond acceptors (Lipinski definition) is 3. The van der Waals surface area contributed by atoms with E-state index in [1.165, 1.54) is 6.42 Å². The number of benzene rings is 1. The molecule has 3 rings (SSSR count). The number of rotatable bonds is 5. The first-order valence-corrected chi connectivity index (χ1v) is 9.68. The molecule has 128 valence electrons. The van der Waals surface area contributed by atoms with E-state index in [1.54, 1.807) is 18.0 Å². The number of carbonyl (C=O) groups excluding carboxylic acids is 1. The maximum absolute atomic E-state index is 12.7. The van der Waals surface area contributed by atoms with Crippen molar-refractivity contribution in [1.82, 2.24) is 14.7 Å². The number of hydrogen-bond donors (Lipinski definition) is 1. The summed E-state index contributed by atoms with van der Waals surface area (Å²) in [5, 5.41) is 7.31. The predicted octanol–water partition coefficient (Wildman–Crippen LogP) is 4.08. The summed E-state index contributed by atoms with van der Waals surface area (Å²) in [6, 6.07) is 10.2. The number of carbonyl (C=O) groups is 1. The first-order valence-electron chi connectivity index (χ1n) is 8.45. The topological polar surface area (TPSA) is 50.2 Å². The van der Waals surface area contributed by atoms with E-state index in [4.69, 9.17) is 0 Å². The standard InChI is InChI=1S/C18H24N4OS/c1-24-17-8-4-6-15(14-17)20-18(23)22-12-3-2-7-16(22)9-13-21-11-5-10-19-21/h4-6,8,10-11,14,16H,2-3,7,9,12-13H2,1H3,(H,20,23)/t16-/m1/s1. The zero-order valence-electron chi connectivity index (χ0n) is 14.0. The molecule has 1 aliphatic rings. The lowest BCUT2D eigenvalue weighted by Crippen LogP contribution is -2.46.